The molecular formula is C34H56O4. The molecular weight excluding hydrogens is 472 g/mol. The van der Waals surface area contributed by atoms with Crippen molar-refractivity contribution in [1.82, 2.24) is 0 Å². The van der Waals surface area contributed by atoms with Crippen molar-refractivity contribution in [2.45, 2.75) is 142 Å². The number of esters is 1. The van der Waals surface area contributed by atoms with Crippen molar-refractivity contribution in [3.8, 4) is 0 Å². The second-order valence-electron chi connectivity index (χ2n) is 9.90. The normalized spacial score (nSPS) is 13.1. The lowest BCUT2D eigenvalue weighted by Gasteiger charge is -2.14. The molecule has 0 saturated carbocycles. The summed E-state index contributed by atoms with van der Waals surface area (Å²) in [7, 11) is 0. The molecule has 0 spiro atoms. The van der Waals surface area contributed by atoms with Crippen LogP contribution in [-0.2, 0) is 14.3 Å². The standard InChI is InChI=1S/C34H56O4/c1-3-5-7-9-10-11-12-13-14-15-16-17-18-19-20-21-27-31-34(37)38-32(28-24-8-6-4-2)29-25-22-23-26-30-33(35)36/h5,7,10-11,13-14,16-17,24,28,32H,3-4,6,8-9,12,15,18-23,25-27,29-31H2,1-2H3,(H,35,36)/b7-5-,11-10-,14-13-,17-16-,28-24-. The van der Waals surface area contributed by atoms with Crippen LogP contribution in [0.1, 0.15) is 136 Å². The van der Waals surface area contributed by atoms with Crippen LogP contribution in [-0.4, -0.2) is 23.1 Å². The minimum atomic E-state index is -0.731. The Kier molecular flexibility index (Phi) is 27.4. The quantitative estimate of drug-likeness (QED) is 0.0689. The third-order valence-corrected chi connectivity index (χ3v) is 6.21. The van der Waals surface area contributed by atoms with E-state index < -0.39 is 5.97 Å². The molecule has 0 rings (SSSR count). The van der Waals surface area contributed by atoms with Crippen molar-refractivity contribution in [3.05, 3.63) is 60.8 Å². The Labute approximate surface area is 234 Å². The first-order chi connectivity index (χ1) is 18.6. The zero-order chi connectivity index (χ0) is 27.9. The second kappa shape index (κ2) is 29.2. The number of carboxylic acid groups (broad SMARTS) is 1. The Morgan fingerprint density at radius 2 is 1.18 bits per heavy atom. The average molecular weight is 529 g/mol. The van der Waals surface area contributed by atoms with E-state index in [1.165, 1.54) is 0 Å². The van der Waals surface area contributed by atoms with Crippen LogP contribution in [0, 0.1) is 0 Å². The molecule has 0 aromatic carbocycles. The number of rotatable bonds is 26. The van der Waals surface area contributed by atoms with Gasteiger partial charge in [0.05, 0.1) is 0 Å². The summed E-state index contributed by atoms with van der Waals surface area (Å²) in [6.45, 7) is 4.33. The first-order valence-electron chi connectivity index (χ1n) is 15.3. The van der Waals surface area contributed by atoms with E-state index >= 15 is 0 Å². The molecule has 216 valence electrons. The van der Waals surface area contributed by atoms with E-state index in [4.69, 9.17) is 9.84 Å². The van der Waals surface area contributed by atoms with E-state index in [0.717, 1.165) is 103 Å². The Hall–Kier alpha value is -2.36. The fourth-order valence-electron chi connectivity index (χ4n) is 3.95. The van der Waals surface area contributed by atoms with Gasteiger partial charge in [-0.05, 0) is 76.7 Å². The van der Waals surface area contributed by atoms with Gasteiger partial charge in [0, 0.05) is 12.8 Å². The number of allylic oxidation sites excluding steroid dienone is 9. The maximum Gasteiger partial charge on any atom is 0.306 e. The lowest BCUT2D eigenvalue weighted by molar-refractivity contribution is -0.147. The van der Waals surface area contributed by atoms with Gasteiger partial charge in [0.1, 0.15) is 6.10 Å². The summed E-state index contributed by atoms with van der Waals surface area (Å²) in [5.74, 6) is -0.828. The maximum absolute atomic E-state index is 12.4. The highest BCUT2D eigenvalue weighted by atomic mass is 16.5. The van der Waals surface area contributed by atoms with Gasteiger partial charge in [-0.25, -0.2) is 0 Å². The van der Waals surface area contributed by atoms with Crippen molar-refractivity contribution in [3.63, 3.8) is 0 Å². The summed E-state index contributed by atoms with van der Waals surface area (Å²) >= 11 is 0. The van der Waals surface area contributed by atoms with Gasteiger partial charge in [0.15, 0.2) is 0 Å². The summed E-state index contributed by atoms with van der Waals surface area (Å²) < 4.78 is 5.76. The summed E-state index contributed by atoms with van der Waals surface area (Å²) in [5, 5.41) is 8.74. The molecule has 0 aromatic heterocycles. The van der Waals surface area contributed by atoms with Gasteiger partial charge in [0.2, 0.25) is 0 Å². The molecule has 0 heterocycles. The second-order valence-corrected chi connectivity index (χ2v) is 9.90. The number of ether oxygens (including phenoxy) is 1. The Balaban J connectivity index is 3.94. The third-order valence-electron chi connectivity index (χ3n) is 6.21. The van der Waals surface area contributed by atoms with Crippen LogP contribution in [0.5, 0.6) is 0 Å². The Morgan fingerprint density at radius 3 is 1.82 bits per heavy atom. The number of hydrogen-bond donors (Lipinski definition) is 1. The Morgan fingerprint density at radius 1 is 0.632 bits per heavy atom. The largest absolute Gasteiger partial charge is 0.481 e. The topological polar surface area (TPSA) is 63.6 Å². The highest BCUT2D eigenvalue weighted by Gasteiger charge is 2.11. The van der Waals surface area contributed by atoms with Gasteiger partial charge in [-0.15, -0.1) is 0 Å². The molecule has 1 unspecified atom stereocenters. The third kappa shape index (κ3) is 28.2. The van der Waals surface area contributed by atoms with Crippen LogP contribution in [0.4, 0.5) is 0 Å². The van der Waals surface area contributed by atoms with E-state index in [1.54, 1.807) is 0 Å². The number of carbonyl (C=O) groups excluding carboxylic acids is 1. The van der Waals surface area contributed by atoms with Gasteiger partial charge < -0.3 is 9.84 Å². The fraction of sp³-hybridized carbons (Fsp3) is 0.647. The summed E-state index contributed by atoms with van der Waals surface area (Å²) in [6, 6.07) is 0. The first kappa shape index (κ1) is 35.6. The summed E-state index contributed by atoms with van der Waals surface area (Å²) in [4.78, 5) is 23.0. The molecule has 0 aromatic rings. The van der Waals surface area contributed by atoms with Crippen LogP contribution < -0.4 is 0 Å². The molecule has 38 heavy (non-hydrogen) atoms. The van der Waals surface area contributed by atoms with Gasteiger partial charge in [-0.3, -0.25) is 9.59 Å². The summed E-state index contributed by atoms with van der Waals surface area (Å²) in [6.07, 6.45) is 39.7. The number of carbonyl (C=O) groups is 2. The smallest absolute Gasteiger partial charge is 0.306 e. The van der Waals surface area contributed by atoms with E-state index in [2.05, 4.69) is 74.6 Å². The van der Waals surface area contributed by atoms with E-state index in [1.807, 2.05) is 0 Å². The van der Waals surface area contributed by atoms with Crippen molar-refractivity contribution in [1.29, 1.82) is 0 Å². The molecule has 0 radical (unpaired) electrons. The van der Waals surface area contributed by atoms with Crippen molar-refractivity contribution < 1.29 is 19.4 Å². The molecule has 4 nitrogen and oxygen atoms in total. The zero-order valence-corrected chi connectivity index (χ0v) is 24.5. The molecule has 0 aliphatic heterocycles. The zero-order valence-electron chi connectivity index (χ0n) is 24.5. The van der Waals surface area contributed by atoms with Gasteiger partial charge in [-0.1, -0.05) is 107 Å². The van der Waals surface area contributed by atoms with E-state index in [9.17, 15) is 9.59 Å². The molecule has 1 atom stereocenters. The highest BCUT2D eigenvalue weighted by Crippen LogP contribution is 2.14. The minimum Gasteiger partial charge on any atom is -0.481 e. The van der Waals surface area contributed by atoms with Crippen molar-refractivity contribution in [2.75, 3.05) is 0 Å². The van der Waals surface area contributed by atoms with Crippen molar-refractivity contribution in [2.24, 2.45) is 0 Å². The van der Waals surface area contributed by atoms with Crippen LogP contribution in [0.2, 0.25) is 0 Å². The van der Waals surface area contributed by atoms with Crippen LogP contribution >= 0.6 is 0 Å². The number of hydrogen-bond acceptors (Lipinski definition) is 3. The van der Waals surface area contributed by atoms with Crippen LogP contribution in [0.15, 0.2) is 60.8 Å². The van der Waals surface area contributed by atoms with Crippen molar-refractivity contribution >= 4 is 11.9 Å². The minimum absolute atomic E-state index is 0.0972. The molecule has 0 aliphatic rings. The molecule has 0 amide bonds. The highest BCUT2D eigenvalue weighted by molar-refractivity contribution is 5.69. The number of carboxylic acids is 1. The lowest BCUT2D eigenvalue weighted by Crippen LogP contribution is -2.16. The lowest BCUT2D eigenvalue weighted by atomic mass is 10.1. The maximum atomic E-state index is 12.4. The SMILES string of the molecule is CC/C=C\C/C=C\C/C=C\C/C=C\CCCCCCC(=O)OC(/C=C\CCCC)CCCCCCC(=O)O. The Bertz CT molecular complexity index is 699. The van der Waals surface area contributed by atoms with Gasteiger partial charge in [0.25, 0.3) is 0 Å². The predicted octanol–water partition coefficient (Wildman–Crippen LogP) is 10.2. The first-order valence-corrected chi connectivity index (χ1v) is 15.3. The monoisotopic (exact) mass is 528 g/mol. The fourth-order valence-corrected chi connectivity index (χ4v) is 3.95. The number of unbranched alkanes of at least 4 members (excludes halogenated alkanes) is 9. The van der Waals surface area contributed by atoms with E-state index in [-0.39, 0.29) is 18.5 Å². The molecule has 1 N–H and O–H groups in total. The summed E-state index contributed by atoms with van der Waals surface area (Å²) in [5.41, 5.74) is 0. The van der Waals surface area contributed by atoms with Crippen LogP contribution in [0.3, 0.4) is 0 Å². The average Bonchev–Trinajstić information content (AvgIpc) is 2.90. The predicted molar refractivity (Wildman–Crippen MR) is 162 cm³/mol. The van der Waals surface area contributed by atoms with Gasteiger partial charge in [-0.2, -0.15) is 0 Å². The molecule has 4 heteroatoms. The number of aliphatic carboxylic acids is 1. The van der Waals surface area contributed by atoms with Crippen LogP contribution in [0.25, 0.3) is 0 Å². The molecule has 0 bridgehead atoms. The molecule has 0 aliphatic carbocycles. The molecule has 0 saturated heterocycles. The molecule has 0 fully saturated rings. The van der Waals surface area contributed by atoms with Gasteiger partial charge >= 0.3 is 11.9 Å². The van der Waals surface area contributed by atoms with E-state index in [0.29, 0.717) is 12.8 Å².